The Kier molecular flexibility index (Phi) is 8.04. The van der Waals surface area contributed by atoms with Gasteiger partial charge in [-0.25, -0.2) is 0 Å². The molecule has 2 unspecified atom stereocenters. The number of rotatable bonds is 9. The largest absolute Gasteiger partial charge is 0.468 e. The molecule has 0 heterocycles. The van der Waals surface area contributed by atoms with Gasteiger partial charge in [0.05, 0.1) is 18.8 Å². The number of carbonyl (C=O) groups is 1. The fraction of sp³-hybridized carbons (Fsp3) is 0.381. The predicted molar refractivity (Wildman–Crippen MR) is 105 cm³/mol. The Morgan fingerprint density at radius 3 is 2.48 bits per heavy atom. The highest BCUT2D eigenvalue weighted by molar-refractivity contribution is 5.74. The van der Waals surface area contributed by atoms with Crippen LogP contribution in [0.15, 0.2) is 48.5 Å². The first-order valence-corrected chi connectivity index (χ1v) is 9.17. The molecular weight excluding hydrogens is 385 g/mol. The molecule has 0 aliphatic rings. The summed E-state index contributed by atoms with van der Waals surface area (Å²) in [5.74, 6) is -0.355. The van der Waals surface area contributed by atoms with Crippen LogP contribution in [-0.4, -0.2) is 37.3 Å². The van der Waals surface area contributed by atoms with Crippen LogP contribution in [0.4, 0.5) is 18.9 Å². The van der Waals surface area contributed by atoms with Crippen molar-refractivity contribution in [2.75, 3.05) is 25.5 Å². The van der Waals surface area contributed by atoms with E-state index in [2.05, 4.69) is 15.4 Å². The third-order valence-corrected chi connectivity index (χ3v) is 4.42. The second-order valence-corrected chi connectivity index (χ2v) is 6.78. The predicted octanol–water partition coefficient (Wildman–Crippen LogP) is 3.54. The molecule has 0 amide bonds. The summed E-state index contributed by atoms with van der Waals surface area (Å²) in [6.07, 6.45) is -4.80. The van der Waals surface area contributed by atoms with E-state index in [0.29, 0.717) is 6.42 Å². The summed E-state index contributed by atoms with van der Waals surface area (Å²) in [6.45, 7) is 2.16. The molecule has 158 valence electrons. The van der Waals surface area contributed by atoms with E-state index in [1.54, 1.807) is 0 Å². The quantitative estimate of drug-likeness (QED) is 0.552. The molecule has 0 spiro atoms. The van der Waals surface area contributed by atoms with Gasteiger partial charge in [-0.15, -0.1) is 0 Å². The SMILES string of the molecule is COC(=O)CNc1ccc(CC(C)NCC(O)c2cccc(C(F)(F)F)c2)cc1. The summed E-state index contributed by atoms with van der Waals surface area (Å²) in [7, 11) is 1.32. The van der Waals surface area contributed by atoms with E-state index in [1.165, 1.54) is 19.2 Å². The molecule has 2 aromatic rings. The van der Waals surface area contributed by atoms with Crippen molar-refractivity contribution in [2.45, 2.75) is 31.7 Å². The normalized spacial score (nSPS) is 13.6. The Labute approximate surface area is 167 Å². The Morgan fingerprint density at radius 2 is 1.86 bits per heavy atom. The minimum atomic E-state index is -4.44. The Bertz CT molecular complexity index is 795. The van der Waals surface area contributed by atoms with Crippen molar-refractivity contribution in [3.8, 4) is 0 Å². The van der Waals surface area contributed by atoms with Crippen molar-refractivity contribution >= 4 is 11.7 Å². The number of nitrogens with one attached hydrogen (secondary N) is 2. The molecule has 0 aliphatic carbocycles. The molecule has 3 N–H and O–H groups in total. The monoisotopic (exact) mass is 410 g/mol. The number of anilines is 1. The molecule has 0 saturated heterocycles. The van der Waals surface area contributed by atoms with Gasteiger partial charge in [-0.3, -0.25) is 4.79 Å². The molecule has 2 aromatic carbocycles. The van der Waals surface area contributed by atoms with Crippen LogP contribution in [0.3, 0.4) is 0 Å². The zero-order chi connectivity index (χ0) is 21.4. The van der Waals surface area contributed by atoms with E-state index >= 15 is 0 Å². The molecule has 2 rings (SSSR count). The van der Waals surface area contributed by atoms with Gasteiger partial charge < -0.3 is 20.5 Å². The maximum absolute atomic E-state index is 12.8. The summed E-state index contributed by atoms with van der Waals surface area (Å²) in [5, 5.41) is 16.3. The maximum Gasteiger partial charge on any atom is 0.416 e. The van der Waals surface area contributed by atoms with Gasteiger partial charge in [-0.1, -0.05) is 24.3 Å². The number of hydrogen-bond acceptors (Lipinski definition) is 5. The van der Waals surface area contributed by atoms with Crippen LogP contribution in [0, 0.1) is 0 Å². The highest BCUT2D eigenvalue weighted by Crippen LogP contribution is 2.30. The number of aliphatic hydroxyl groups is 1. The second-order valence-electron chi connectivity index (χ2n) is 6.78. The second kappa shape index (κ2) is 10.3. The number of methoxy groups -OCH3 is 1. The molecule has 0 radical (unpaired) electrons. The van der Waals surface area contributed by atoms with Crippen LogP contribution >= 0.6 is 0 Å². The first kappa shape index (κ1) is 22.7. The molecule has 0 fully saturated rings. The number of alkyl halides is 3. The van der Waals surface area contributed by atoms with E-state index in [9.17, 15) is 23.1 Å². The van der Waals surface area contributed by atoms with Crippen molar-refractivity contribution in [3.63, 3.8) is 0 Å². The summed E-state index contributed by atoms with van der Waals surface area (Å²) >= 11 is 0. The number of carbonyl (C=O) groups excluding carboxylic acids is 1. The maximum atomic E-state index is 12.8. The van der Waals surface area contributed by atoms with E-state index in [0.717, 1.165) is 23.4 Å². The molecule has 0 aromatic heterocycles. The first-order valence-electron chi connectivity index (χ1n) is 9.17. The highest BCUT2D eigenvalue weighted by Gasteiger charge is 2.30. The third-order valence-electron chi connectivity index (χ3n) is 4.42. The number of halogens is 3. The van der Waals surface area contributed by atoms with Gasteiger partial charge in [0, 0.05) is 18.3 Å². The van der Waals surface area contributed by atoms with Gasteiger partial charge in [0.15, 0.2) is 0 Å². The fourth-order valence-electron chi connectivity index (χ4n) is 2.78. The van der Waals surface area contributed by atoms with Crippen molar-refractivity contribution in [1.82, 2.24) is 5.32 Å². The van der Waals surface area contributed by atoms with Gasteiger partial charge in [0.25, 0.3) is 0 Å². The topological polar surface area (TPSA) is 70.6 Å². The average Bonchev–Trinajstić information content (AvgIpc) is 2.70. The summed E-state index contributed by atoms with van der Waals surface area (Å²) < 4.78 is 43.0. The molecule has 29 heavy (non-hydrogen) atoms. The zero-order valence-corrected chi connectivity index (χ0v) is 16.3. The van der Waals surface area contributed by atoms with Gasteiger partial charge in [0.2, 0.25) is 0 Å². The molecule has 0 saturated carbocycles. The smallest absolute Gasteiger partial charge is 0.416 e. The van der Waals surface area contributed by atoms with E-state index in [-0.39, 0.29) is 30.7 Å². The minimum Gasteiger partial charge on any atom is -0.468 e. The van der Waals surface area contributed by atoms with Crippen molar-refractivity contribution in [1.29, 1.82) is 0 Å². The standard InChI is InChI=1S/C21H25F3N2O3/c1-14(10-15-6-8-18(9-7-15)26-13-20(28)29-2)25-12-19(27)16-4-3-5-17(11-16)21(22,23)24/h3-9,11,14,19,25-27H,10,12-13H2,1-2H3. The van der Waals surface area contributed by atoms with Crippen molar-refractivity contribution in [3.05, 3.63) is 65.2 Å². The van der Waals surface area contributed by atoms with Crippen LogP contribution in [0.25, 0.3) is 0 Å². The lowest BCUT2D eigenvalue weighted by molar-refractivity contribution is -0.139. The van der Waals surface area contributed by atoms with Crippen LogP contribution in [0.1, 0.15) is 29.7 Å². The first-order chi connectivity index (χ1) is 13.7. The van der Waals surface area contributed by atoms with Crippen LogP contribution < -0.4 is 10.6 Å². The van der Waals surface area contributed by atoms with Gasteiger partial charge in [-0.05, 0) is 48.7 Å². The minimum absolute atomic E-state index is 0.00401. The van der Waals surface area contributed by atoms with Gasteiger partial charge >= 0.3 is 12.1 Å². The number of aliphatic hydroxyl groups excluding tert-OH is 1. The number of benzene rings is 2. The molecule has 5 nitrogen and oxygen atoms in total. The molecular formula is C21H25F3N2O3. The Balaban J connectivity index is 1.83. The molecule has 2 atom stereocenters. The third kappa shape index (κ3) is 7.40. The lowest BCUT2D eigenvalue weighted by Crippen LogP contribution is -2.32. The molecule has 8 heteroatoms. The lowest BCUT2D eigenvalue weighted by Gasteiger charge is -2.18. The van der Waals surface area contributed by atoms with Crippen LogP contribution in [-0.2, 0) is 22.1 Å². The number of hydrogen-bond donors (Lipinski definition) is 3. The zero-order valence-electron chi connectivity index (χ0n) is 16.3. The summed E-state index contributed by atoms with van der Waals surface area (Å²) in [6, 6.07) is 12.3. The summed E-state index contributed by atoms with van der Waals surface area (Å²) in [5.41, 5.74) is 1.28. The number of esters is 1. The number of ether oxygens (including phenoxy) is 1. The fourth-order valence-corrected chi connectivity index (χ4v) is 2.78. The van der Waals surface area contributed by atoms with E-state index in [1.807, 2.05) is 31.2 Å². The average molecular weight is 410 g/mol. The van der Waals surface area contributed by atoms with Gasteiger partial charge in [0.1, 0.15) is 6.54 Å². The summed E-state index contributed by atoms with van der Waals surface area (Å²) in [4.78, 5) is 11.1. The van der Waals surface area contributed by atoms with Crippen LogP contribution in [0.5, 0.6) is 0 Å². The highest BCUT2D eigenvalue weighted by atomic mass is 19.4. The Morgan fingerprint density at radius 1 is 1.17 bits per heavy atom. The van der Waals surface area contributed by atoms with Crippen molar-refractivity contribution in [2.24, 2.45) is 0 Å². The molecule has 0 bridgehead atoms. The van der Waals surface area contributed by atoms with E-state index in [4.69, 9.17) is 0 Å². The van der Waals surface area contributed by atoms with Crippen molar-refractivity contribution < 1.29 is 27.8 Å². The van der Waals surface area contributed by atoms with E-state index < -0.39 is 17.8 Å². The molecule has 0 aliphatic heterocycles. The van der Waals surface area contributed by atoms with Gasteiger partial charge in [-0.2, -0.15) is 13.2 Å². The van der Waals surface area contributed by atoms with Crippen LogP contribution in [0.2, 0.25) is 0 Å². The lowest BCUT2D eigenvalue weighted by atomic mass is 10.0. The Hall–Kier alpha value is -2.58.